The van der Waals surface area contributed by atoms with Crippen LogP contribution in [0.1, 0.15) is 43.6 Å². The Kier molecular flexibility index (Phi) is 9.38. The molecule has 0 bridgehead atoms. The molecule has 2 amide bonds. The molecular weight excluding hydrogens is 516 g/mol. The van der Waals surface area contributed by atoms with E-state index in [2.05, 4.69) is 21.3 Å². The molecule has 202 valence electrons. The third kappa shape index (κ3) is 6.60. The van der Waals surface area contributed by atoms with Crippen molar-refractivity contribution in [3.63, 3.8) is 0 Å². The molecule has 0 radical (unpaired) electrons. The molecule has 37 heavy (non-hydrogen) atoms. The van der Waals surface area contributed by atoms with Crippen molar-refractivity contribution in [1.82, 2.24) is 21.3 Å². The number of carbonyl (C=O) groups excluding carboxylic acids is 3. The van der Waals surface area contributed by atoms with Crippen molar-refractivity contribution in [3.8, 4) is 5.75 Å². The molecule has 4 rings (SSSR count). The number of amides is 2. The number of hydrogen-bond donors (Lipinski definition) is 6. The Hall–Kier alpha value is -2.28. The van der Waals surface area contributed by atoms with Crippen molar-refractivity contribution in [1.29, 1.82) is 0 Å². The van der Waals surface area contributed by atoms with Crippen LogP contribution in [0.4, 0.5) is 0 Å². The molecule has 1 aromatic rings. The molecule has 6 N–H and O–H groups in total. The molecule has 1 spiro atoms. The number of aromatic hydroxyl groups is 1. The number of nitrogens with one attached hydrogen (secondary N) is 4. The highest BCUT2D eigenvalue weighted by Gasteiger charge is 2.48. The van der Waals surface area contributed by atoms with Crippen molar-refractivity contribution in [2.24, 2.45) is 5.41 Å². The SMILES string of the molecule is O=C(O)[C@@H]1CSSC[C@H](NC(=O)[C@H]2NCC[C@@H]2c2ccc(O)cc2)CNCCC2(CCCC2=O)C(=O)N1. The zero-order valence-corrected chi connectivity index (χ0v) is 22.2. The van der Waals surface area contributed by atoms with E-state index in [9.17, 15) is 29.4 Å². The number of carboxylic acids is 1. The fourth-order valence-electron chi connectivity index (χ4n) is 5.34. The number of aliphatic carboxylic acids is 1. The fraction of sp³-hybridized carbons (Fsp3) is 0.600. The minimum Gasteiger partial charge on any atom is -0.508 e. The Bertz CT molecular complexity index is 1010. The molecule has 2 aliphatic heterocycles. The van der Waals surface area contributed by atoms with Gasteiger partial charge in [0.2, 0.25) is 11.8 Å². The lowest BCUT2D eigenvalue weighted by Gasteiger charge is -2.28. The number of hydrogen-bond acceptors (Lipinski definition) is 9. The van der Waals surface area contributed by atoms with Crippen LogP contribution in [0.5, 0.6) is 5.75 Å². The first-order valence-electron chi connectivity index (χ1n) is 12.6. The Balaban J connectivity index is 1.43. The summed E-state index contributed by atoms with van der Waals surface area (Å²) in [5.41, 5.74) is -0.208. The predicted molar refractivity (Wildman–Crippen MR) is 142 cm³/mol. The highest BCUT2D eigenvalue weighted by atomic mass is 33.1. The summed E-state index contributed by atoms with van der Waals surface area (Å²) in [7, 11) is 2.77. The summed E-state index contributed by atoms with van der Waals surface area (Å²) >= 11 is 0. The molecule has 1 saturated carbocycles. The van der Waals surface area contributed by atoms with Crippen molar-refractivity contribution in [2.75, 3.05) is 31.1 Å². The second kappa shape index (κ2) is 12.5. The van der Waals surface area contributed by atoms with Gasteiger partial charge in [0.15, 0.2) is 0 Å². The number of carboxylic acid groups (broad SMARTS) is 1. The molecule has 2 saturated heterocycles. The molecular formula is C25H34N4O6S2. The average Bonchev–Trinajstić information content (AvgIpc) is 3.51. The van der Waals surface area contributed by atoms with Crippen LogP contribution >= 0.6 is 21.6 Å². The highest BCUT2D eigenvalue weighted by Crippen LogP contribution is 2.38. The average molecular weight is 551 g/mol. The van der Waals surface area contributed by atoms with Crippen molar-refractivity contribution in [3.05, 3.63) is 29.8 Å². The van der Waals surface area contributed by atoms with E-state index < -0.39 is 29.4 Å². The van der Waals surface area contributed by atoms with Crippen LogP contribution in [0, 0.1) is 5.41 Å². The van der Waals surface area contributed by atoms with Crippen LogP contribution in [0.3, 0.4) is 0 Å². The highest BCUT2D eigenvalue weighted by molar-refractivity contribution is 8.76. The van der Waals surface area contributed by atoms with Gasteiger partial charge in [0, 0.05) is 30.4 Å². The van der Waals surface area contributed by atoms with Crippen LogP contribution in [0.25, 0.3) is 0 Å². The first kappa shape index (κ1) is 27.7. The molecule has 0 aromatic heterocycles. The Morgan fingerprint density at radius 2 is 1.81 bits per heavy atom. The monoisotopic (exact) mass is 550 g/mol. The van der Waals surface area contributed by atoms with Gasteiger partial charge in [-0.15, -0.1) is 0 Å². The van der Waals surface area contributed by atoms with Crippen molar-refractivity contribution in [2.45, 2.75) is 56.1 Å². The van der Waals surface area contributed by atoms with Crippen LogP contribution in [0.2, 0.25) is 0 Å². The summed E-state index contributed by atoms with van der Waals surface area (Å²) in [5, 5.41) is 31.6. The summed E-state index contributed by atoms with van der Waals surface area (Å²) in [4.78, 5) is 50.9. The number of ketones is 1. The van der Waals surface area contributed by atoms with Crippen LogP contribution in [-0.2, 0) is 19.2 Å². The van der Waals surface area contributed by atoms with Gasteiger partial charge < -0.3 is 31.5 Å². The standard InChI is InChI=1S/C25H34N4O6S2/c30-17-5-3-15(4-6-17)18-7-10-27-21(18)22(32)28-16-12-26-11-9-25(8-1-2-20(25)31)24(35)29-19(23(33)34)14-37-36-13-16/h3-6,16,18-19,21,26-27,30H,1-2,7-14H2,(H,28,32)(H,29,35)(H,33,34)/t16-,18-,19+,21+,25?/m1/s1. The number of phenolic OH excluding ortho intramolecular Hbond substituents is 1. The minimum atomic E-state index is -1.20. The zero-order valence-electron chi connectivity index (χ0n) is 20.5. The van der Waals surface area contributed by atoms with E-state index >= 15 is 0 Å². The third-order valence-corrected chi connectivity index (χ3v) is 9.95. The number of benzene rings is 1. The minimum absolute atomic E-state index is 0.00741. The Morgan fingerprint density at radius 1 is 1.05 bits per heavy atom. The summed E-state index contributed by atoms with van der Waals surface area (Å²) in [5.74, 6) is -0.999. The predicted octanol–water partition coefficient (Wildman–Crippen LogP) is 1.01. The van der Waals surface area contributed by atoms with E-state index in [0.29, 0.717) is 44.6 Å². The number of carbonyl (C=O) groups is 4. The van der Waals surface area contributed by atoms with E-state index in [1.165, 1.54) is 21.6 Å². The molecule has 1 aromatic carbocycles. The molecule has 3 aliphatic rings. The summed E-state index contributed by atoms with van der Waals surface area (Å²) < 4.78 is 0. The van der Waals surface area contributed by atoms with Gasteiger partial charge in [0.05, 0.1) is 12.1 Å². The van der Waals surface area contributed by atoms with Gasteiger partial charge in [0.25, 0.3) is 0 Å². The first-order valence-corrected chi connectivity index (χ1v) is 15.1. The summed E-state index contributed by atoms with van der Waals surface area (Å²) in [6, 6.07) is 5.22. The van der Waals surface area contributed by atoms with Gasteiger partial charge in [0.1, 0.15) is 23.0 Å². The third-order valence-electron chi connectivity index (χ3n) is 7.46. The van der Waals surface area contributed by atoms with Gasteiger partial charge in [-0.05, 0) is 56.5 Å². The number of Topliss-reactive ketones (excluding diaryl/α,β-unsaturated/α-hetero) is 1. The van der Waals surface area contributed by atoms with Gasteiger partial charge in [-0.1, -0.05) is 33.7 Å². The molecule has 2 heterocycles. The van der Waals surface area contributed by atoms with E-state index in [4.69, 9.17) is 0 Å². The Labute approximate surface area is 223 Å². The van der Waals surface area contributed by atoms with Gasteiger partial charge in [-0.2, -0.15) is 0 Å². The van der Waals surface area contributed by atoms with Crippen LogP contribution in [-0.4, -0.2) is 83.0 Å². The number of phenols is 1. The van der Waals surface area contributed by atoms with E-state index in [0.717, 1.165) is 12.0 Å². The molecule has 12 heteroatoms. The lowest BCUT2D eigenvalue weighted by atomic mass is 9.80. The lowest BCUT2D eigenvalue weighted by Crippen LogP contribution is -2.52. The largest absolute Gasteiger partial charge is 0.508 e. The zero-order chi connectivity index (χ0) is 26.4. The first-order chi connectivity index (χ1) is 17.8. The molecule has 5 atom stereocenters. The summed E-state index contributed by atoms with van der Waals surface area (Å²) in [6.07, 6.45) is 2.46. The maximum Gasteiger partial charge on any atom is 0.327 e. The van der Waals surface area contributed by atoms with E-state index in [1.54, 1.807) is 12.1 Å². The smallest absolute Gasteiger partial charge is 0.327 e. The topological polar surface area (TPSA) is 157 Å². The maximum absolute atomic E-state index is 13.3. The fourth-order valence-corrected chi connectivity index (χ4v) is 7.74. The molecule has 1 aliphatic carbocycles. The number of rotatable bonds is 4. The van der Waals surface area contributed by atoms with Gasteiger partial charge in [-0.25, -0.2) is 4.79 Å². The second-order valence-electron chi connectivity index (χ2n) is 9.87. The van der Waals surface area contributed by atoms with E-state index in [1.807, 2.05) is 12.1 Å². The van der Waals surface area contributed by atoms with Crippen LogP contribution < -0.4 is 21.3 Å². The van der Waals surface area contributed by atoms with Crippen molar-refractivity contribution < 1.29 is 29.4 Å². The normalized spacial score (nSPS) is 31.7. The summed E-state index contributed by atoms with van der Waals surface area (Å²) in [6.45, 7) is 1.58. The van der Waals surface area contributed by atoms with Crippen molar-refractivity contribution >= 4 is 45.2 Å². The second-order valence-corrected chi connectivity index (χ2v) is 12.4. The Morgan fingerprint density at radius 3 is 2.51 bits per heavy atom. The van der Waals surface area contributed by atoms with E-state index in [-0.39, 0.29) is 41.6 Å². The quantitative estimate of drug-likeness (QED) is 0.236. The lowest BCUT2D eigenvalue weighted by molar-refractivity contribution is -0.146. The van der Waals surface area contributed by atoms with Crippen LogP contribution in [0.15, 0.2) is 24.3 Å². The molecule has 3 fully saturated rings. The molecule has 1 unspecified atom stereocenters. The molecule has 10 nitrogen and oxygen atoms in total. The maximum atomic E-state index is 13.3. The van der Waals surface area contributed by atoms with Gasteiger partial charge in [-0.3, -0.25) is 14.4 Å². The van der Waals surface area contributed by atoms with Gasteiger partial charge >= 0.3 is 5.97 Å².